The zero-order valence-corrected chi connectivity index (χ0v) is 11.9. The van der Waals surface area contributed by atoms with E-state index in [1.54, 1.807) is 12.1 Å². The number of hydrogen-bond acceptors (Lipinski definition) is 2. The van der Waals surface area contributed by atoms with Gasteiger partial charge in [0.05, 0.1) is 16.9 Å². The van der Waals surface area contributed by atoms with Crippen LogP contribution in [-0.4, -0.2) is 10.9 Å². The van der Waals surface area contributed by atoms with Gasteiger partial charge in [-0.3, -0.25) is 9.78 Å². The first-order valence-electron chi connectivity index (χ1n) is 4.94. The van der Waals surface area contributed by atoms with Gasteiger partial charge in [0.15, 0.2) is 5.82 Å². The summed E-state index contributed by atoms with van der Waals surface area (Å²) in [4.78, 5) is 15.5. The van der Waals surface area contributed by atoms with E-state index in [1.807, 2.05) is 0 Å². The van der Waals surface area contributed by atoms with Gasteiger partial charge in [-0.25, -0.2) is 4.39 Å². The maximum absolute atomic E-state index is 13.3. The Morgan fingerprint density at radius 2 is 2.17 bits per heavy atom. The first-order chi connectivity index (χ1) is 8.58. The van der Waals surface area contributed by atoms with Crippen molar-refractivity contribution in [3.8, 4) is 0 Å². The highest BCUT2D eigenvalue weighted by Gasteiger charge is 2.10. The molecular formula is C12H7ClFIN2O. The number of anilines is 1. The summed E-state index contributed by atoms with van der Waals surface area (Å²) in [6, 6.07) is 6.28. The lowest BCUT2D eigenvalue weighted by atomic mass is 10.2. The molecule has 1 N–H and O–H groups in total. The predicted octanol–water partition coefficient (Wildman–Crippen LogP) is 3.73. The maximum atomic E-state index is 13.3. The molecular weight excluding hydrogens is 370 g/mol. The number of aromatic nitrogens is 1. The molecule has 2 aromatic rings. The molecule has 0 fully saturated rings. The number of hydrogen-bond donors (Lipinski definition) is 1. The van der Waals surface area contributed by atoms with Gasteiger partial charge in [-0.2, -0.15) is 0 Å². The summed E-state index contributed by atoms with van der Waals surface area (Å²) in [6.45, 7) is 0. The van der Waals surface area contributed by atoms with E-state index in [1.165, 1.54) is 18.3 Å². The van der Waals surface area contributed by atoms with Crippen LogP contribution in [0.3, 0.4) is 0 Å². The monoisotopic (exact) mass is 376 g/mol. The van der Waals surface area contributed by atoms with Crippen molar-refractivity contribution in [2.24, 2.45) is 0 Å². The van der Waals surface area contributed by atoms with Crippen LogP contribution in [-0.2, 0) is 0 Å². The molecule has 1 heterocycles. The van der Waals surface area contributed by atoms with E-state index in [0.717, 1.165) is 9.77 Å². The molecule has 0 aliphatic carbocycles. The van der Waals surface area contributed by atoms with Gasteiger partial charge in [0.25, 0.3) is 5.91 Å². The quantitative estimate of drug-likeness (QED) is 0.812. The average molecular weight is 377 g/mol. The number of amides is 1. The smallest absolute Gasteiger partial charge is 0.255 e. The van der Waals surface area contributed by atoms with Gasteiger partial charge < -0.3 is 5.32 Å². The predicted molar refractivity (Wildman–Crippen MR) is 76.3 cm³/mol. The minimum Gasteiger partial charge on any atom is -0.319 e. The fraction of sp³-hybridized carbons (Fsp3) is 0. The Balaban J connectivity index is 2.22. The molecule has 18 heavy (non-hydrogen) atoms. The first-order valence-corrected chi connectivity index (χ1v) is 6.39. The molecule has 0 unspecified atom stereocenters. The van der Waals surface area contributed by atoms with Gasteiger partial charge in [-0.15, -0.1) is 0 Å². The lowest BCUT2D eigenvalue weighted by Gasteiger charge is -2.06. The average Bonchev–Trinajstić information content (AvgIpc) is 2.35. The standard InChI is InChI=1S/C12H7ClFIN2O/c13-8-5-7(1-2-10(8)15)12(18)17-11-3-4-16-6-9(11)14/h1-6H,(H,16,17,18). The van der Waals surface area contributed by atoms with E-state index >= 15 is 0 Å². The second-order valence-electron chi connectivity index (χ2n) is 3.44. The molecule has 0 bridgehead atoms. The number of benzene rings is 1. The van der Waals surface area contributed by atoms with Crippen LogP contribution in [0.2, 0.25) is 5.02 Å². The molecule has 92 valence electrons. The van der Waals surface area contributed by atoms with E-state index in [-0.39, 0.29) is 5.69 Å². The SMILES string of the molecule is O=C(Nc1ccncc1F)c1ccc(I)c(Cl)c1. The van der Waals surface area contributed by atoms with Crippen molar-refractivity contribution in [2.45, 2.75) is 0 Å². The van der Waals surface area contributed by atoms with Crippen LogP contribution < -0.4 is 5.32 Å². The van der Waals surface area contributed by atoms with Crippen molar-refractivity contribution in [3.05, 3.63) is 56.6 Å². The van der Waals surface area contributed by atoms with Crippen LogP contribution in [0.5, 0.6) is 0 Å². The van der Waals surface area contributed by atoms with Crippen molar-refractivity contribution in [3.63, 3.8) is 0 Å². The van der Waals surface area contributed by atoms with Gasteiger partial charge in [0, 0.05) is 15.3 Å². The molecule has 1 aromatic carbocycles. The van der Waals surface area contributed by atoms with Crippen LogP contribution in [0, 0.1) is 9.39 Å². The Kier molecular flexibility index (Phi) is 4.13. The third-order valence-corrected chi connectivity index (χ3v) is 3.77. The molecule has 2 rings (SSSR count). The van der Waals surface area contributed by atoms with Crippen LogP contribution in [0.4, 0.5) is 10.1 Å². The largest absolute Gasteiger partial charge is 0.319 e. The molecule has 1 aromatic heterocycles. The summed E-state index contributed by atoms with van der Waals surface area (Å²) < 4.78 is 14.2. The Morgan fingerprint density at radius 3 is 2.83 bits per heavy atom. The van der Waals surface area contributed by atoms with Gasteiger partial charge >= 0.3 is 0 Å². The van der Waals surface area contributed by atoms with E-state index in [9.17, 15) is 9.18 Å². The molecule has 0 saturated heterocycles. The van der Waals surface area contributed by atoms with Crippen molar-refractivity contribution in [1.82, 2.24) is 4.98 Å². The molecule has 6 heteroatoms. The molecule has 0 radical (unpaired) electrons. The Hall–Kier alpha value is -1.21. The molecule has 0 aliphatic heterocycles. The molecule has 0 spiro atoms. The number of nitrogens with one attached hydrogen (secondary N) is 1. The van der Waals surface area contributed by atoms with E-state index < -0.39 is 11.7 Å². The number of pyridine rings is 1. The number of halogens is 3. The zero-order chi connectivity index (χ0) is 13.1. The van der Waals surface area contributed by atoms with E-state index in [2.05, 4.69) is 32.9 Å². The van der Waals surface area contributed by atoms with Gasteiger partial charge in [0.2, 0.25) is 0 Å². The van der Waals surface area contributed by atoms with Crippen molar-refractivity contribution >= 4 is 45.8 Å². The number of carbonyl (C=O) groups is 1. The number of rotatable bonds is 2. The van der Waals surface area contributed by atoms with Crippen molar-refractivity contribution < 1.29 is 9.18 Å². The summed E-state index contributed by atoms with van der Waals surface area (Å²) in [5.74, 6) is -0.999. The lowest BCUT2D eigenvalue weighted by molar-refractivity contribution is 0.102. The highest BCUT2D eigenvalue weighted by atomic mass is 127. The third kappa shape index (κ3) is 2.97. The Labute approximate surface area is 122 Å². The van der Waals surface area contributed by atoms with Crippen LogP contribution in [0.15, 0.2) is 36.7 Å². The molecule has 0 aliphatic rings. The Morgan fingerprint density at radius 1 is 1.39 bits per heavy atom. The third-order valence-electron chi connectivity index (χ3n) is 2.20. The maximum Gasteiger partial charge on any atom is 0.255 e. The molecule has 3 nitrogen and oxygen atoms in total. The van der Waals surface area contributed by atoms with E-state index in [0.29, 0.717) is 10.6 Å². The normalized spacial score (nSPS) is 10.2. The summed E-state index contributed by atoms with van der Waals surface area (Å²) in [6.07, 6.45) is 2.44. The van der Waals surface area contributed by atoms with Crippen LogP contribution in [0.1, 0.15) is 10.4 Å². The van der Waals surface area contributed by atoms with Gasteiger partial charge in [0.1, 0.15) is 0 Å². The first kappa shape index (κ1) is 13.2. The fourth-order valence-electron chi connectivity index (χ4n) is 1.31. The molecule has 0 saturated carbocycles. The lowest BCUT2D eigenvalue weighted by Crippen LogP contribution is -2.13. The molecule has 1 amide bonds. The van der Waals surface area contributed by atoms with Crippen LogP contribution >= 0.6 is 34.2 Å². The molecule has 0 atom stereocenters. The Bertz CT molecular complexity index is 606. The number of nitrogens with zero attached hydrogens (tertiary/aromatic N) is 1. The summed E-state index contributed by atoms with van der Waals surface area (Å²) in [5, 5.41) is 2.94. The summed E-state index contributed by atoms with van der Waals surface area (Å²) in [7, 11) is 0. The van der Waals surface area contributed by atoms with Crippen LogP contribution in [0.25, 0.3) is 0 Å². The van der Waals surface area contributed by atoms with Crippen molar-refractivity contribution in [2.75, 3.05) is 5.32 Å². The minimum absolute atomic E-state index is 0.0877. The fourth-order valence-corrected chi connectivity index (χ4v) is 1.82. The van der Waals surface area contributed by atoms with Crippen molar-refractivity contribution in [1.29, 1.82) is 0 Å². The second-order valence-corrected chi connectivity index (χ2v) is 5.01. The minimum atomic E-state index is -0.581. The summed E-state index contributed by atoms with van der Waals surface area (Å²) >= 11 is 7.98. The topological polar surface area (TPSA) is 42.0 Å². The highest BCUT2D eigenvalue weighted by Crippen LogP contribution is 2.20. The van der Waals surface area contributed by atoms with E-state index in [4.69, 9.17) is 11.6 Å². The number of carbonyl (C=O) groups excluding carboxylic acids is 1. The summed E-state index contributed by atoms with van der Waals surface area (Å²) in [5.41, 5.74) is 0.460. The van der Waals surface area contributed by atoms with Gasteiger partial charge in [-0.1, -0.05) is 11.6 Å². The van der Waals surface area contributed by atoms with Gasteiger partial charge in [-0.05, 0) is 46.9 Å². The highest BCUT2D eigenvalue weighted by molar-refractivity contribution is 14.1. The zero-order valence-electron chi connectivity index (χ0n) is 8.95. The second kappa shape index (κ2) is 5.62.